The van der Waals surface area contributed by atoms with E-state index in [4.69, 9.17) is 9.84 Å². The average molecular weight is 233 g/mol. The zero-order valence-corrected chi connectivity index (χ0v) is 9.19. The van der Waals surface area contributed by atoms with Crippen molar-refractivity contribution in [2.45, 2.75) is 31.0 Å². The van der Waals surface area contributed by atoms with Crippen molar-refractivity contribution in [2.75, 3.05) is 26.3 Å². The van der Waals surface area contributed by atoms with Gasteiger partial charge in [0.2, 0.25) is 0 Å². The Kier molecular flexibility index (Phi) is 5.14. The maximum absolute atomic E-state index is 10.3. The van der Waals surface area contributed by atoms with Crippen LogP contribution in [0.15, 0.2) is 0 Å². The first kappa shape index (κ1) is 13.4. The fraction of sp³-hybridized carbons (Fsp3) is 0.900. The molecule has 0 radical (unpaired) electrons. The molecule has 0 bridgehead atoms. The number of rotatable bonds is 6. The molecule has 0 aliphatic carbocycles. The van der Waals surface area contributed by atoms with Crippen LogP contribution in [0, 0.1) is 0 Å². The number of carboxylic acid groups (broad SMARTS) is 1. The second-order valence-corrected chi connectivity index (χ2v) is 4.22. The van der Waals surface area contributed by atoms with Crippen molar-refractivity contribution in [1.29, 1.82) is 0 Å². The summed E-state index contributed by atoms with van der Waals surface area (Å²) >= 11 is 0. The molecule has 0 aromatic heterocycles. The van der Waals surface area contributed by atoms with Gasteiger partial charge in [-0.2, -0.15) is 0 Å². The quantitative estimate of drug-likeness (QED) is 0.467. The molecule has 0 aromatic rings. The predicted molar refractivity (Wildman–Crippen MR) is 56.1 cm³/mol. The maximum atomic E-state index is 10.3. The van der Waals surface area contributed by atoms with Crippen molar-refractivity contribution in [2.24, 2.45) is 0 Å². The van der Waals surface area contributed by atoms with Gasteiger partial charge in [-0.15, -0.1) is 0 Å². The molecule has 0 aromatic carbocycles. The highest BCUT2D eigenvalue weighted by molar-refractivity contribution is 5.67. The Balaban J connectivity index is 2.16. The molecule has 94 valence electrons. The number of aliphatic hydroxyl groups is 2. The summed E-state index contributed by atoms with van der Waals surface area (Å²) < 4.78 is 5.13. The van der Waals surface area contributed by atoms with Gasteiger partial charge < -0.3 is 25.4 Å². The third kappa shape index (κ3) is 4.89. The number of nitrogens with one attached hydrogen (secondary N) is 1. The Bertz CT molecular complexity index is 227. The lowest BCUT2D eigenvalue weighted by molar-refractivity contribution is -0.139. The second kappa shape index (κ2) is 6.15. The van der Waals surface area contributed by atoms with Crippen LogP contribution >= 0.6 is 0 Å². The molecule has 1 aliphatic heterocycles. The third-order valence-electron chi connectivity index (χ3n) is 2.67. The third-order valence-corrected chi connectivity index (χ3v) is 2.67. The zero-order chi connectivity index (χ0) is 12.0. The molecule has 4 N–H and O–H groups in total. The molecule has 6 nitrogen and oxygen atoms in total. The van der Waals surface area contributed by atoms with Gasteiger partial charge >= 0.3 is 5.97 Å². The molecule has 1 heterocycles. The molecule has 1 rings (SSSR count). The zero-order valence-electron chi connectivity index (χ0n) is 9.19. The Labute approximate surface area is 94.2 Å². The number of hydrogen-bond donors (Lipinski definition) is 4. The number of carboxylic acids is 1. The monoisotopic (exact) mass is 233 g/mol. The van der Waals surface area contributed by atoms with Crippen LogP contribution in [0.5, 0.6) is 0 Å². The molecule has 0 amide bonds. The van der Waals surface area contributed by atoms with Crippen molar-refractivity contribution in [1.82, 2.24) is 5.32 Å². The molecule has 0 saturated carbocycles. The molecular formula is C10H19NO5. The number of carbonyl (C=O) groups is 1. The van der Waals surface area contributed by atoms with Crippen molar-refractivity contribution in [3.05, 3.63) is 0 Å². The Morgan fingerprint density at radius 1 is 1.44 bits per heavy atom. The van der Waals surface area contributed by atoms with Gasteiger partial charge in [-0.1, -0.05) is 0 Å². The Morgan fingerprint density at radius 2 is 2.06 bits per heavy atom. The van der Waals surface area contributed by atoms with Gasteiger partial charge in [0.15, 0.2) is 0 Å². The average Bonchev–Trinajstić information content (AvgIpc) is 2.17. The summed E-state index contributed by atoms with van der Waals surface area (Å²) in [5.74, 6) is -1.03. The van der Waals surface area contributed by atoms with E-state index in [2.05, 4.69) is 5.32 Å². The largest absolute Gasteiger partial charge is 0.481 e. The van der Waals surface area contributed by atoms with Gasteiger partial charge in [0.1, 0.15) is 0 Å². The fourth-order valence-corrected chi connectivity index (χ4v) is 1.67. The van der Waals surface area contributed by atoms with Crippen molar-refractivity contribution >= 4 is 5.97 Å². The van der Waals surface area contributed by atoms with Crippen LogP contribution in [-0.4, -0.2) is 59.3 Å². The van der Waals surface area contributed by atoms with Crippen LogP contribution in [0.2, 0.25) is 0 Å². The van der Waals surface area contributed by atoms with Crippen LogP contribution in [-0.2, 0) is 9.53 Å². The first-order valence-electron chi connectivity index (χ1n) is 5.42. The van der Waals surface area contributed by atoms with E-state index in [-0.39, 0.29) is 13.0 Å². The smallest absolute Gasteiger partial charge is 0.306 e. The van der Waals surface area contributed by atoms with E-state index >= 15 is 0 Å². The van der Waals surface area contributed by atoms with E-state index < -0.39 is 17.7 Å². The molecule has 0 spiro atoms. The van der Waals surface area contributed by atoms with Crippen LogP contribution in [0.25, 0.3) is 0 Å². The lowest BCUT2D eigenvalue weighted by Gasteiger charge is -2.32. The molecule has 1 aliphatic rings. The van der Waals surface area contributed by atoms with Gasteiger partial charge in [-0.05, 0) is 0 Å². The minimum Gasteiger partial charge on any atom is -0.481 e. The maximum Gasteiger partial charge on any atom is 0.306 e. The van der Waals surface area contributed by atoms with E-state index in [1.807, 2.05) is 0 Å². The summed E-state index contributed by atoms with van der Waals surface area (Å²) in [6.45, 7) is 1.61. The van der Waals surface area contributed by atoms with E-state index in [0.717, 1.165) is 0 Å². The van der Waals surface area contributed by atoms with Gasteiger partial charge in [0.25, 0.3) is 0 Å². The Morgan fingerprint density at radius 3 is 2.62 bits per heavy atom. The first-order chi connectivity index (χ1) is 7.52. The minimum absolute atomic E-state index is 0.176. The van der Waals surface area contributed by atoms with E-state index in [1.165, 1.54) is 0 Å². The van der Waals surface area contributed by atoms with E-state index in [1.54, 1.807) is 0 Å². The highest BCUT2D eigenvalue weighted by Crippen LogP contribution is 2.19. The lowest BCUT2D eigenvalue weighted by Crippen LogP contribution is -2.46. The summed E-state index contributed by atoms with van der Waals surface area (Å²) in [6.07, 6.45) is -0.0700. The Hall–Kier alpha value is -0.690. The summed E-state index contributed by atoms with van der Waals surface area (Å²) in [6, 6.07) is 0. The lowest BCUT2D eigenvalue weighted by atomic mass is 9.94. The van der Waals surface area contributed by atoms with Crippen LogP contribution in [0.4, 0.5) is 0 Å². The SMILES string of the molecule is O=C(O)CC(O)CNCC1(O)CCOCC1. The molecule has 6 heteroatoms. The number of ether oxygens (including phenoxy) is 1. The summed E-state index contributed by atoms with van der Waals surface area (Å²) in [7, 11) is 0. The molecule has 1 fully saturated rings. The molecule has 16 heavy (non-hydrogen) atoms. The second-order valence-electron chi connectivity index (χ2n) is 4.22. The van der Waals surface area contributed by atoms with Gasteiger partial charge in [0, 0.05) is 39.1 Å². The molecule has 1 unspecified atom stereocenters. The predicted octanol–water partition coefficient (Wildman–Crippen LogP) is -1.05. The molecular weight excluding hydrogens is 214 g/mol. The normalized spacial score (nSPS) is 21.6. The van der Waals surface area contributed by atoms with E-state index in [0.29, 0.717) is 32.6 Å². The van der Waals surface area contributed by atoms with Crippen LogP contribution in [0.1, 0.15) is 19.3 Å². The van der Waals surface area contributed by atoms with Crippen molar-refractivity contribution in [3.63, 3.8) is 0 Å². The minimum atomic E-state index is -1.03. The summed E-state index contributed by atoms with van der Waals surface area (Å²) in [5.41, 5.74) is -0.790. The summed E-state index contributed by atoms with van der Waals surface area (Å²) in [4.78, 5) is 10.3. The van der Waals surface area contributed by atoms with Gasteiger partial charge in [-0.25, -0.2) is 0 Å². The van der Waals surface area contributed by atoms with Crippen molar-refractivity contribution < 1.29 is 24.9 Å². The topological polar surface area (TPSA) is 99.0 Å². The van der Waals surface area contributed by atoms with Gasteiger partial charge in [0.05, 0.1) is 18.1 Å². The standard InChI is InChI=1S/C10H19NO5/c12-8(5-9(13)14)6-11-7-10(15)1-3-16-4-2-10/h8,11-12,15H,1-7H2,(H,13,14). The number of aliphatic carboxylic acids is 1. The number of aliphatic hydroxyl groups excluding tert-OH is 1. The van der Waals surface area contributed by atoms with Gasteiger partial charge in [-0.3, -0.25) is 4.79 Å². The van der Waals surface area contributed by atoms with Crippen LogP contribution in [0.3, 0.4) is 0 Å². The molecule has 1 saturated heterocycles. The number of hydrogen-bond acceptors (Lipinski definition) is 5. The van der Waals surface area contributed by atoms with E-state index in [9.17, 15) is 15.0 Å². The first-order valence-corrected chi connectivity index (χ1v) is 5.42. The highest BCUT2D eigenvalue weighted by atomic mass is 16.5. The van der Waals surface area contributed by atoms with Crippen molar-refractivity contribution in [3.8, 4) is 0 Å². The summed E-state index contributed by atoms with van der Waals surface area (Å²) in [5, 5.41) is 30.6. The highest BCUT2D eigenvalue weighted by Gasteiger charge is 2.29. The van der Waals surface area contributed by atoms with Crippen LogP contribution < -0.4 is 5.32 Å². The molecule has 1 atom stereocenters. The fourth-order valence-electron chi connectivity index (χ4n) is 1.67.